The van der Waals surface area contributed by atoms with Gasteiger partial charge in [0.25, 0.3) is 5.91 Å². The van der Waals surface area contributed by atoms with Crippen molar-refractivity contribution in [1.82, 2.24) is 4.90 Å². The van der Waals surface area contributed by atoms with Crippen LogP contribution in [0.1, 0.15) is 44.0 Å². The number of fused-ring (bicyclic) bond motifs is 2. The maximum absolute atomic E-state index is 13.2. The van der Waals surface area contributed by atoms with Crippen LogP contribution in [0.5, 0.6) is 0 Å². The molecule has 1 saturated heterocycles. The molecule has 3 rings (SSSR count). The van der Waals surface area contributed by atoms with Gasteiger partial charge in [0.1, 0.15) is 0 Å². The number of hydrogen-bond donors (Lipinski definition) is 0. The molecule has 1 saturated carbocycles. The molecule has 2 fully saturated rings. The molecule has 28 heavy (non-hydrogen) atoms. The molecule has 0 unspecified atom stereocenters. The molecule has 5 heteroatoms. The van der Waals surface area contributed by atoms with Crippen molar-refractivity contribution < 1.29 is 14.4 Å². The standard InChI is InChI=1S/C23H28N2O3/c1-6-14-24(15-7-2)19(26)16-8-10-17(11-9-16)25-20(27)18-12-13-23(5,21(25)28)22(18,3)4/h6-11,18H,1-2,12-15H2,3-5H3/t18-,23+/m1/s1. The molecule has 2 bridgehead atoms. The zero-order valence-corrected chi connectivity index (χ0v) is 16.9. The summed E-state index contributed by atoms with van der Waals surface area (Å²) in [7, 11) is 0. The Bertz CT molecular complexity index is 830. The van der Waals surface area contributed by atoms with Gasteiger partial charge in [-0.05, 0) is 42.5 Å². The fourth-order valence-electron chi connectivity index (χ4n) is 4.55. The number of amides is 3. The molecule has 0 spiro atoms. The number of nitrogens with zero attached hydrogens (tertiary/aromatic N) is 2. The van der Waals surface area contributed by atoms with Crippen LogP contribution in [0.15, 0.2) is 49.6 Å². The van der Waals surface area contributed by atoms with Crippen molar-refractivity contribution in [2.24, 2.45) is 16.7 Å². The molecule has 0 radical (unpaired) electrons. The van der Waals surface area contributed by atoms with Crippen molar-refractivity contribution in [3.05, 3.63) is 55.1 Å². The van der Waals surface area contributed by atoms with Gasteiger partial charge in [-0.15, -0.1) is 13.2 Å². The molecule has 3 amide bonds. The quantitative estimate of drug-likeness (QED) is 0.557. The second-order valence-electron chi connectivity index (χ2n) is 8.46. The lowest BCUT2D eigenvalue weighted by Gasteiger charge is -2.47. The molecule has 1 aliphatic carbocycles. The van der Waals surface area contributed by atoms with E-state index in [0.29, 0.717) is 24.3 Å². The van der Waals surface area contributed by atoms with Crippen LogP contribution in [0.25, 0.3) is 0 Å². The number of piperidine rings is 1. The molecule has 148 valence electrons. The fraction of sp³-hybridized carbons (Fsp3) is 0.435. The SMILES string of the molecule is C=CCN(CC=C)C(=O)c1ccc(N2C(=O)[C@H]3CC[C@@](C)(C2=O)C3(C)C)cc1. The van der Waals surface area contributed by atoms with E-state index in [0.717, 1.165) is 12.8 Å². The molecule has 5 nitrogen and oxygen atoms in total. The van der Waals surface area contributed by atoms with E-state index < -0.39 is 5.41 Å². The minimum absolute atomic E-state index is 0.135. The first-order valence-corrected chi connectivity index (χ1v) is 9.68. The molecule has 2 atom stereocenters. The summed E-state index contributed by atoms with van der Waals surface area (Å²) in [4.78, 5) is 41.9. The average molecular weight is 380 g/mol. The highest BCUT2D eigenvalue weighted by atomic mass is 16.2. The minimum atomic E-state index is -0.551. The zero-order chi connectivity index (χ0) is 20.7. The highest BCUT2D eigenvalue weighted by molar-refractivity contribution is 6.20. The highest BCUT2D eigenvalue weighted by Crippen LogP contribution is 2.60. The van der Waals surface area contributed by atoms with Gasteiger partial charge in [-0.25, -0.2) is 4.90 Å². The highest BCUT2D eigenvalue weighted by Gasteiger charge is 2.64. The minimum Gasteiger partial charge on any atom is -0.331 e. The van der Waals surface area contributed by atoms with Crippen LogP contribution in [0.3, 0.4) is 0 Å². The van der Waals surface area contributed by atoms with Crippen molar-refractivity contribution in [2.45, 2.75) is 33.6 Å². The first-order chi connectivity index (χ1) is 13.2. The van der Waals surface area contributed by atoms with Gasteiger partial charge in [0.05, 0.1) is 11.1 Å². The summed E-state index contributed by atoms with van der Waals surface area (Å²) < 4.78 is 0. The van der Waals surface area contributed by atoms with Crippen LogP contribution in [0, 0.1) is 16.7 Å². The summed E-state index contributed by atoms with van der Waals surface area (Å²) in [6, 6.07) is 6.71. The second-order valence-corrected chi connectivity index (χ2v) is 8.46. The van der Waals surface area contributed by atoms with Crippen molar-refractivity contribution in [1.29, 1.82) is 0 Å². The summed E-state index contributed by atoms with van der Waals surface area (Å²) in [6.45, 7) is 14.2. The van der Waals surface area contributed by atoms with Crippen LogP contribution in [0.4, 0.5) is 5.69 Å². The second kappa shape index (κ2) is 7.04. The van der Waals surface area contributed by atoms with Crippen LogP contribution in [-0.4, -0.2) is 35.7 Å². The molecular formula is C23H28N2O3. The number of carbonyl (C=O) groups is 3. The van der Waals surface area contributed by atoms with E-state index in [1.807, 2.05) is 20.8 Å². The first kappa shape index (κ1) is 20.1. The smallest absolute Gasteiger partial charge is 0.254 e. The van der Waals surface area contributed by atoms with Crippen LogP contribution in [0.2, 0.25) is 0 Å². The molecule has 0 aromatic heterocycles. The number of carbonyl (C=O) groups excluding carboxylic acids is 3. The molecule has 2 aliphatic rings. The summed E-state index contributed by atoms with van der Waals surface area (Å²) in [6.07, 6.45) is 4.79. The number of rotatable bonds is 6. The summed E-state index contributed by atoms with van der Waals surface area (Å²) >= 11 is 0. The van der Waals surface area contributed by atoms with Gasteiger partial charge < -0.3 is 4.90 Å². The van der Waals surface area contributed by atoms with E-state index in [4.69, 9.17) is 0 Å². The van der Waals surface area contributed by atoms with Gasteiger partial charge in [0, 0.05) is 24.6 Å². The van der Waals surface area contributed by atoms with Crippen molar-refractivity contribution in [2.75, 3.05) is 18.0 Å². The van der Waals surface area contributed by atoms with E-state index in [9.17, 15) is 14.4 Å². The molecule has 0 N–H and O–H groups in total. The third kappa shape index (κ3) is 2.81. The lowest BCUT2D eigenvalue weighted by Crippen LogP contribution is -2.59. The average Bonchev–Trinajstić information content (AvgIpc) is 2.85. The van der Waals surface area contributed by atoms with E-state index in [2.05, 4.69) is 13.2 Å². The van der Waals surface area contributed by atoms with Gasteiger partial charge in [-0.3, -0.25) is 14.4 Å². The zero-order valence-electron chi connectivity index (χ0n) is 16.9. The topological polar surface area (TPSA) is 57.7 Å². The Labute approximate surface area is 166 Å². The van der Waals surface area contributed by atoms with Crippen LogP contribution in [-0.2, 0) is 9.59 Å². The Morgan fingerprint density at radius 1 is 1.14 bits per heavy atom. The Balaban J connectivity index is 1.89. The maximum atomic E-state index is 13.2. The van der Waals surface area contributed by atoms with E-state index in [1.165, 1.54) is 4.90 Å². The molecule has 1 heterocycles. The summed E-state index contributed by atoms with van der Waals surface area (Å²) in [5.74, 6) is -0.581. The monoisotopic (exact) mass is 380 g/mol. The number of benzene rings is 1. The Morgan fingerprint density at radius 3 is 2.25 bits per heavy atom. The van der Waals surface area contributed by atoms with Gasteiger partial charge in [-0.2, -0.15) is 0 Å². The maximum Gasteiger partial charge on any atom is 0.254 e. The third-order valence-corrected chi connectivity index (χ3v) is 6.78. The number of anilines is 1. The van der Waals surface area contributed by atoms with Crippen molar-refractivity contribution in [3.8, 4) is 0 Å². The summed E-state index contributed by atoms with van der Waals surface area (Å²) in [5, 5.41) is 0. The lowest BCUT2D eigenvalue weighted by molar-refractivity contribution is -0.146. The largest absolute Gasteiger partial charge is 0.331 e. The fourth-order valence-corrected chi connectivity index (χ4v) is 4.55. The van der Waals surface area contributed by atoms with E-state index in [1.54, 1.807) is 41.3 Å². The van der Waals surface area contributed by atoms with Crippen LogP contribution < -0.4 is 4.90 Å². The van der Waals surface area contributed by atoms with E-state index in [-0.39, 0.29) is 29.1 Å². The van der Waals surface area contributed by atoms with E-state index >= 15 is 0 Å². The number of imide groups is 1. The Hall–Kier alpha value is -2.69. The van der Waals surface area contributed by atoms with Gasteiger partial charge in [-0.1, -0.05) is 32.9 Å². The van der Waals surface area contributed by atoms with Crippen molar-refractivity contribution in [3.63, 3.8) is 0 Å². The lowest BCUT2D eigenvalue weighted by atomic mass is 9.62. The van der Waals surface area contributed by atoms with Gasteiger partial charge >= 0.3 is 0 Å². The molecular weight excluding hydrogens is 352 g/mol. The Morgan fingerprint density at radius 2 is 1.71 bits per heavy atom. The van der Waals surface area contributed by atoms with Crippen LogP contribution >= 0.6 is 0 Å². The first-order valence-electron chi connectivity index (χ1n) is 9.68. The van der Waals surface area contributed by atoms with Crippen molar-refractivity contribution >= 4 is 23.4 Å². The molecule has 1 aromatic carbocycles. The number of hydrogen-bond acceptors (Lipinski definition) is 3. The molecule has 1 aromatic rings. The Kier molecular flexibility index (Phi) is 5.04. The third-order valence-electron chi connectivity index (χ3n) is 6.78. The summed E-state index contributed by atoms with van der Waals surface area (Å²) in [5.41, 5.74) is 0.131. The predicted molar refractivity (Wildman–Crippen MR) is 110 cm³/mol. The van der Waals surface area contributed by atoms with Gasteiger partial charge in [0.2, 0.25) is 11.8 Å². The predicted octanol–water partition coefficient (Wildman–Crippen LogP) is 3.82. The van der Waals surface area contributed by atoms with Gasteiger partial charge in [0.15, 0.2) is 0 Å². The molecule has 1 aliphatic heterocycles. The normalized spacial score (nSPS) is 25.5.